The van der Waals surface area contributed by atoms with Crippen molar-refractivity contribution >= 4 is 5.91 Å². The molecule has 2 unspecified atom stereocenters. The summed E-state index contributed by atoms with van der Waals surface area (Å²) in [6, 6.07) is 0.630. The smallest absolute Gasteiger partial charge is 0.246 e. The van der Waals surface area contributed by atoms with Crippen LogP contribution in [0.5, 0.6) is 0 Å². The zero-order chi connectivity index (χ0) is 11.1. The molecule has 0 aliphatic carbocycles. The van der Waals surface area contributed by atoms with Gasteiger partial charge >= 0.3 is 0 Å². The monoisotopic (exact) mass is 214 g/mol. The Kier molecular flexibility index (Phi) is 5.65. The van der Waals surface area contributed by atoms with E-state index in [4.69, 9.17) is 4.74 Å². The minimum Gasteiger partial charge on any atom is -0.372 e. The Hall–Kier alpha value is -0.610. The maximum Gasteiger partial charge on any atom is 0.246 e. The molecule has 1 rings (SSSR count). The highest BCUT2D eigenvalue weighted by atomic mass is 16.5. The van der Waals surface area contributed by atoms with Crippen LogP contribution in [0.2, 0.25) is 0 Å². The summed E-state index contributed by atoms with van der Waals surface area (Å²) in [5, 5.41) is 6.35. The average molecular weight is 214 g/mol. The van der Waals surface area contributed by atoms with Gasteiger partial charge in [0.05, 0.1) is 0 Å². The Morgan fingerprint density at radius 3 is 3.07 bits per heavy atom. The second-order valence-corrected chi connectivity index (χ2v) is 4.11. The van der Waals surface area contributed by atoms with Gasteiger partial charge in [-0.1, -0.05) is 6.92 Å². The Bertz CT molecular complexity index is 197. The molecule has 1 amide bonds. The van der Waals surface area contributed by atoms with E-state index in [1.807, 2.05) is 6.92 Å². The van der Waals surface area contributed by atoms with Crippen molar-refractivity contribution in [1.82, 2.24) is 10.6 Å². The van der Waals surface area contributed by atoms with Gasteiger partial charge in [0.15, 0.2) is 0 Å². The minimum absolute atomic E-state index is 0.00370. The third-order valence-corrected chi connectivity index (χ3v) is 2.69. The summed E-state index contributed by atoms with van der Waals surface area (Å²) in [4.78, 5) is 11.5. The van der Waals surface area contributed by atoms with Gasteiger partial charge in [-0.05, 0) is 32.7 Å². The van der Waals surface area contributed by atoms with Crippen molar-refractivity contribution in [2.75, 3.05) is 19.8 Å². The molecular formula is C11H22N2O2. The number of piperidine rings is 1. The topological polar surface area (TPSA) is 50.4 Å². The van der Waals surface area contributed by atoms with Crippen LogP contribution in [0.3, 0.4) is 0 Å². The van der Waals surface area contributed by atoms with Crippen molar-refractivity contribution in [3.63, 3.8) is 0 Å². The first-order valence-corrected chi connectivity index (χ1v) is 5.84. The predicted octanol–water partition coefficient (Wildman–Crippen LogP) is 0.670. The largest absolute Gasteiger partial charge is 0.372 e. The number of amides is 1. The summed E-state index contributed by atoms with van der Waals surface area (Å²) in [5.74, 6) is 0.00370. The van der Waals surface area contributed by atoms with E-state index in [-0.39, 0.29) is 18.6 Å². The molecule has 0 spiro atoms. The first-order valence-electron chi connectivity index (χ1n) is 5.84. The molecule has 2 atom stereocenters. The van der Waals surface area contributed by atoms with E-state index >= 15 is 0 Å². The lowest BCUT2D eigenvalue weighted by molar-refractivity contribution is -0.126. The molecule has 0 aromatic carbocycles. The van der Waals surface area contributed by atoms with Gasteiger partial charge in [0.2, 0.25) is 5.91 Å². The van der Waals surface area contributed by atoms with Crippen LogP contribution in [0.25, 0.3) is 0 Å². The van der Waals surface area contributed by atoms with Gasteiger partial charge in [0, 0.05) is 18.7 Å². The standard InChI is InChI=1S/C11H22N2O2/c1-3-7-15-8-11(14)13-10-5-4-6-12-9(10)2/h9-10,12H,3-8H2,1-2H3,(H,13,14). The highest BCUT2D eigenvalue weighted by molar-refractivity contribution is 5.77. The number of carbonyl (C=O) groups is 1. The Morgan fingerprint density at radius 1 is 1.60 bits per heavy atom. The van der Waals surface area contributed by atoms with Crippen molar-refractivity contribution in [2.45, 2.75) is 45.2 Å². The van der Waals surface area contributed by atoms with E-state index in [2.05, 4.69) is 17.6 Å². The van der Waals surface area contributed by atoms with Crippen LogP contribution >= 0.6 is 0 Å². The van der Waals surface area contributed by atoms with Crippen LogP contribution in [-0.4, -0.2) is 37.7 Å². The van der Waals surface area contributed by atoms with Gasteiger partial charge in [-0.2, -0.15) is 0 Å². The van der Waals surface area contributed by atoms with Gasteiger partial charge in [0.1, 0.15) is 6.61 Å². The first-order chi connectivity index (χ1) is 7.24. The normalized spacial score (nSPS) is 26.3. The molecule has 0 bridgehead atoms. The minimum atomic E-state index is 0.00370. The average Bonchev–Trinajstić information content (AvgIpc) is 2.22. The Balaban J connectivity index is 2.18. The number of nitrogens with one attached hydrogen (secondary N) is 2. The Labute approximate surface area is 91.8 Å². The maximum absolute atomic E-state index is 11.5. The molecule has 88 valence electrons. The number of hydrogen-bond donors (Lipinski definition) is 2. The molecule has 15 heavy (non-hydrogen) atoms. The second kappa shape index (κ2) is 6.80. The van der Waals surface area contributed by atoms with Crippen LogP contribution < -0.4 is 10.6 Å². The molecule has 1 heterocycles. The van der Waals surface area contributed by atoms with Gasteiger partial charge in [0.25, 0.3) is 0 Å². The molecule has 4 heteroatoms. The molecule has 0 saturated carbocycles. The molecule has 1 saturated heterocycles. The molecule has 0 aromatic heterocycles. The summed E-state index contributed by atoms with van der Waals surface area (Å²) in [7, 11) is 0. The van der Waals surface area contributed by atoms with E-state index in [9.17, 15) is 4.79 Å². The summed E-state index contributed by atoms with van der Waals surface area (Å²) in [6.45, 7) is 6.05. The molecule has 1 aliphatic rings. The summed E-state index contributed by atoms with van der Waals surface area (Å²) < 4.78 is 5.19. The van der Waals surface area contributed by atoms with Crippen molar-refractivity contribution in [3.05, 3.63) is 0 Å². The van der Waals surface area contributed by atoms with Crippen molar-refractivity contribution < 1.29 is 9.53 Å². The summed E-state index contributed by atoms with van der Waals surface area (Å²) in [6.07, 6.45) is 3.15. The number of rotatable bonds is 5. The molecule has 0 aromatic rings. The van der Waals surface area contributed by atoms with Gasteiger partial charge in [-0.3, -0.25) is 4.79 Å². The highest BCUT2D eigenvalue weighted by Gasteiger charge is 2.21. The zero-order valence-corrected chi connectivity index (χ0v) is 9.71. The van der Waals surface area contributed by atoms with E-state index in [1.54, 1.807) is 0 Å². The zero-order valence-electron chi connectivity index (χ0n) is 9.71. The fraction of sp³-hybridized carbons (Fsp3) is 0.909. The molecule has 1 aliphatic heterocycles. The van der Waals surface area contributed by atoms with Crippen LogP contribution in [0.15, 0.2) is 0 Å². The lowest BCUT2D eigenvalue weighted by Crippen LogP contribution is -2.52. The van der Waals surface area contributed by atoms with Gasteiger partial charge < -0.3 is 15.4 Å². The molecule has 4 nitrogen and oxygen atoms in total. The molecule has 1 fully saturated rings. The molecule has 2 N–H and O–H groups in total. The van der Waals surface area contributed by atoms with Crippen molar-refractivity contribution in [2.24, 2.45) is 0 Å². The summed E-state index contributed by atoms with van der Waals surface area (Å²) >= 11 is 0. The SMILES string of the molecule is CCCOCC(=O)NC1CCCNC1C. The van der Waals surface area contributed by atoms with Crippen molar-refractivity contribution in [3.8, 4) is 0 Å². The van der Waals surface area contributed by atoms with Crippen LogP contribution in [-0.2, 0) is 9.53 Å². The number of hydrogen-bond acceptors (Lipinski definition) is 3. The lowest BCUT2D eigenvalue weighted by atomic mass is 10.00. The van der Waals surface area contributed by atoms with Crippen LogP contribution in [0.1, 0.15) is 33.1 Å². The van der Waals surface area contributed by atoms with E-state index in [1.165, 1.54) is 0 Å². The number of ether oxygens (including phenoxy) is 1. The van der Waals surface area contributed by atoms with E-state index < -0.39 is 0 Å². The predicted molar refractivity (Wildman–Crippen MR) is 59.7 cm³/mol. The van der Waals surface area contributed by atoms with Gasteiger partial charge in [-0.15, -0.1) is 0 Å². The molecule has 0 radical (unpaired) electrons. The first kappa shape index (κ1) is 12.5. The number of carbonyl (C=O) groups excluding carboxylic acids is 1. The lowest BCUT2D eigenvalue weighted by Gasteiger charge is -2.30. The van der Waals surface area contributed by atoms with Crippen LogP contribution in [0, 0.1) is 0 Å². The second-order valence-electron chi connectivity index (χ2n) is 4.11. The molecular weight excluding hydrogens is 192 g/mol. The fourth-order valence-electron chi connectivity index (χ4n) is 1.80. The van der Waals surface area contributed by atoms with Crippen LogP contribution in [0.4, 0.5) is 0 Å². The fourth-order valence-corrected chi connectivity index (χ4v) is 1.80. The summed E-state index contributed by atoms with van der Waals surface area (Å²) in [5.41, 5.74) is 0. The van der Waals surface area contributed by atoms with Crippen molar-refractivity contribution in [1.29, 1.82) is 0 Å². The van der Waals surface area contributed by atoms with E-state index in [0.29, 0.717) is 12.6 Å². The van der Waals surface area contributed by atoms with Gasteiger partial charge in [-0.25, -0.2) is 0 Å². The maximum atomic E-state index is 11.5. The third kappa shape index (κ3) is 4.62. The van der Waals surface area contributed by atoms with E-state index in [0.717, 1.165) is 25.8 Å². The highest BCUT2D eigenvalue weighted by Crippen LogP contribution is 2.07. The third-order valence-electron chi connectivity index (χ3n) is 2.69. The Morgan fingerprint density at radius 2 is 2.40 bits per heavy atom. The quantitative estimate of drug-likeness (QED) is 0.661.